The van der Waals surface area contributed by atoms with E-state index in [9.17, 15) is 9.18 Å². The van der Waals surface area contributed by atoms with Crippen LogP contribution in [-0.2, 0) is 4.79 Å². The number of likely N-dealkylation sites (N-methyl/N-ethyl adjacent to an activating group) is 1. The Hall–Kier alpha value is -1.68. The number of carbonyl (C=O) groups excluding carboxylic acids is 1. The van der Waals surface area contributed by atoms with Crippen molar-refractivity contribution in [2.45, 2.75) is 25.8 Å². The van der Waals surface area contributed by atoms with Crippen LogP contribution in [0.1, 0.15) is 25.3 Å². The molecular weight excluding hydrogens is 255 g/mol. The molecule has 1 N–H and O–H groups in total. The number of hydrogen-bond acceptors (Lipinski definition) is 2. The number of carbonyl (C=O) groups is 1. The minimum atomic E-state index is -0.262. The summed E-state index contributed by atoms with van der Waals surface area (Å²) in [6.07, 6.45) is 3.76. The Morgan fingerprint density at radius 3 is 2.80 bits per heavy atom. The molecule has 4 heteroatoms. The van der Waals surface area contributed by atoms with Crippen molar-refractivity contribution in [3.05, 3.63) is 41.7 Å². The van der Waals surface area contributed by atoms with Gasteiger partial charge in [-0.25, -0.2) is 4.39 Å². The van der Waals surface area contributed by atoms with Crippen LogP contribution in [0.4, 0.5) is 4.39 Å². The maximum absolute atomic E-state index is 12.9. The summed E-state index contributed by atoms with van der Waals surface area (Å²) in [5.74, 6) is -0.217. The van der Waals surface area contributed by atoms with E-state index in [1.807, 2.05) is 18.9 Å². The zero-order chi connectivity index (χ0) is 14.5. The van der Waals surface area contributed by atoms with Gasteiger partial charge in [-0.3, -0.25) is 4.79 Å². The first-order valence-electron chi connectivity index (χ1n) is 7.01. The fourth-order valence-corrected chi connectivity index (χ4v) is 2.64. The summed E-state index contributed by atoms with van der Waals surface area (Å²) in [6, 6.07) is 6.51. The molecule has 1 aliphatic rings. The predicted molar refractivity (Wildman–Crippen MR) is 78.7 cm³/mol. The summed E-state index contributed by atoms with van der Waals surface area (Å²) < 4.78 is 12.9. The summed E-state index contributed by atoms with van der Waals surface area (Å²) in [6.45, 7) is 3.53. The second-order valence-electron chi connectivity index (χ2n) is 5.22. The van der Waals surface area contributed by atoms with Gasteiger partial charge in [0.2, 0.25) is 5.91 Å². The van der Waals surface area contributed by atoms with E-state index in [2.05, 4.69) is 5.32 Å². The molecule has 0 radical (unpaired) electrons. The number of nitrogens with one attached hydrogen (secondary N) is 1. The zero-order valence-electron chi connectivity index (χ0n) is 12.0. The molecule has 1 aromatic carbocycles. The molecular formula is C16H21FN2O. The standard InChI is InChI=1S/C16H21FN2O/c1-12(13-5-7-14(17)8-6-13)10-16(20)19-9-3-4-15(19)11-18-2/h5-8,10,15,18H,3-4,9,11H2,1-2H3/b12-10-. The molecule has 0 bridgehead atoms. The Kier molecular flexibility index (Phi) is 4.90. The average Bonchev–Trinajstić information content (AvgIpc) is 2.88. The molecule has 0 aromatic heterocycles. The molecule has 0 spiro atoms. The third-order valence-electron chi connectivity index (χ3n) is 3.74. The van der Waals surface area contributed by atoms with Gasteiger partial charge in [-0.2, -0.15) is 0 Å². The van der Waals surface area contributed by atoms with Crippen LogP contribution in [0.15, 0.2) is 30.3 Å². The predicted octanol–water partition coefficient (Wildman–Crippen LogP) is 2.44. The summed E-state index contributed by atoms with van der Waals surface area (Å²) >= 11 is 0. The highest BCUT2D eigenvalue weighted by Crippen LogP contribution is 2.19. The fourth-order valence-electron chi connectivity index (χ4n) is 2.64. The van der Waals surface area contributed by atoms with Crippen LogP contribution in [0.25, 0.3) is 5.57 Å². The minimum absolute atomic E-state index is 0.0459. The van der Waals surface area contributed by atoms with Crippen LogP contribution in [0.5, 0.6) is 0 Å². The van der Waals surface area contributed by atoms with E-state index in [0.29, 0.717) is 0 Å². The number of rotatable bonds is 4. The van der Waals surface area contributed by atoms with Crippen LogP contribution >= 0.6 is 0 Å². The summed E-state index contributed by atoms with van der Waals surface area (Å²) in [7, 11) is 1.90. The molecule has 1 saturated heterocycles. The lowest BCUT2D eigenvalue weighted by molar-refractivity contribution is -0.126. The molecule has 20 heavy (non-hydrogen) atoms. The first kappa shape index (κ1) is 14.7. The molecule has 1 amide bonds. The van der Waals surface area contributed by atoms with E-state index in [1.54, 1.807) is 18.2 Å². The fraction of sp³-hybridized carbons (Fsp3) is 0.438. The lowest BCUT2D eigenvalue weighted by Crippen LogP contribution is -2.40. The van der Waals surface area contributed by atoms with E-state index in [4.69, 9.17) is 0 Å². The Labute approximate surface area is 119 Å². The van der Waals surface area contributed by atoms with Gasteiger partial charge in [0.15, 0.2) is 0 Å². The highest BCUT2D eigenvalue weighted by molar-refractivity contribution is 5.95. The third-order valence-corrected chi connectivity index (χ3v) is 3.74. The number of likely N-dealkylation sites (tertiary alicyclic amines) is 1. The number of amides is 1. The van der Waals surface area contributed by atoms with E-state index in [1.165, 1.54) is 12.1 Å². The largest absolute Gasteiger partial charge is 0.335 e. The first-order chi connectivity index (χ1) is 9.61. The van der Waals surface area contributed by atoms with Crippen molar-refractivity contribution in [3.8, 4) is 0 Å². The smallest absolute Gasteiger partial charge is 0.247 e. The normalized spacial score (nSPS) is 19.4. The number of hydrogen-bond donors (Lipinski definition) is 1. The topological polar surface area (TPSA) is 32.3 Å². The molecule has 1 aliphatic heterocycles. The maximum atomic E-state index is 12.9. The lowest BCUT2D eigenvalue weighted by Gasteiger charge is -2.23. The molecule has 108 valence electrons. The zero-order valence-corrected chi connectivity index (χ0v) is 12.0. The highest BCUT2D eigenvalue weighted by atomic mass is 19.1. The van der Waals surface area contributed by atoms with Crippen LogP contribution in [0, 0.1) is 5.82 Å². The van der Waals surface area contributed by atoms with Crippen molar-refractivity contribution in [2.24, 2.45) is 0 Å². The molecule has 1 heterocycles. The second kappa shape index (κ2) is 6.66. The van der Waals surface area contributed by atoms with Gasteiger partial charge in [0, 0.05) is 25.2 Å². The number of allylic oxidation sites excluding steroid dienone is 1. The summed E-state index contributed by atoms with van der Waals surface area (Å²) in [5, 5.41) is 3.13. The van der Waals surface area contributed by atoms with Gasteiger partial charge < -0.3 is 10.2 Å². The van der Waals surface area contributed by atoms with Crippen molar-refractivity contribution in [1.82, 2.24) is 10.2 Å². The molecule has 0 aliphatic carbocycles. The SMILES string of the molecule is CNCC1CCCN1C(=O)/C=C(/C)c1ccc(F)cc1. The van der Waals surface area contributed by atoms with E-state index >= 15 is 0 Å². The van der Waals surface area contributed by atoms with Crippen LogP contribution in [-0.4, -0.2) is 37.0 Å². The summed E-state index contributed by atoms with van der Waals surface area (Å²) in [5.41, 5.74) is 1.74. The Morgan fingerprint density at radius 1 is 1.45 bits per heavy atom. The van der Waals surface area contributed by atoms with Gasteiger partial charge in [0.1, 0.15) is 5.82 Å². The van der Waals surface area contributed by atoms with E-state index < -0.39 is 0 Å². The number of halogens is 1. The first-order valence-corrected chi connectivity index (χ1v) is 7.01. The minimum Gasteiger partial charge on any atom is -0.335 e. The molecule has 3 nitrogen and oxygen atoms in total. The van der Waals surface area contributed by atoms with E-state index in [-0.39, 0.29) is 17.8 Å². The van der Waals surface area contributed by atoms with Crippen molar-refractivity contribution < 1.29 is 9.18 Å². The average molecular weight is 276 g/mol. The number of benzene rings is 1. The molecule has 1 unspecified atom stereocenters. The molecule has 1 fully saturated rings. The van der Waals surface area contributed by atoms with Gasteiger partial charge in [-0.1, -0.05) is 12.1 Å². The Balaban J connectivity index is 2.09. The highest BCUT2D eigenvalue weighted by Gasteiger charge is 2.26. The Morgan fingerprint density at radius 2 is 2.15 bits per heavy atom. The van der Waals surface area contributed by atoms with Gasteiger partial charge in [-0.15, -0.1) is 0 Å². The quantitative estimate of drug-likeness (QED) is 0.857. The summed E-state index contributed by atoms with van der Waals surface area (Å²) in [4.78, 5) is 14.2. The number of nitrogens with zero attached hydrogens (tertiary/aromatic N) is 1. The Bertz CT molecular complexity index is 496. The molecule has 2 rings (SSSR count). The van der Waals surface area contributed by atoms with Crippen molar-refractivity contribution in [1.29, 1.82) is 0 Å². The third kappa shape index (κ3) is 3.45. The van der Waals surface area contributed by atoms with E-state index in [0.717, 1.165) is 37.1 Å². The van der Waals surface area contributed by atoms with Crippen LogP contribution in [0.3, 0.4) is 0 Å². The second-order valence-corrected chi connectivity index (χ2v) is 5.22. The van der Waals surface area contributed by atoms with Crippen LogP contribution < -0.4 is 5.32 Å². The molecule has 1 atom stereocenters. The van der Waals surface area contributed by atoms with Gasteiger partial charge in [-0.05, 0) is 50.1 Å². The molecule has 0 saturated carbocycles. The van der Waals surface area contributed by atoms with Crippen molar-refractivity contribution >= 4 is 11.5 Å². The van der Waals surface area contributed by atoms with Gasteiger partial charge >= 0.3 is 0 Å². The molecule has 1 aromatic rings. The lowest BCUT2D eigenvalue weighted by atomic mass is 10.1. The van der Waals surface area contributed by atoms with Crippen molar-refractivity contribution in [3.63, 3.8) is 0 Å². The van der Waals surface area contributed by atoms with Crippen LogP contribution in [0.2, 0.25) is 0 Å². The van der Waals surface area contributed by atoms with Gasteiger partial charge in [0.05, 0.1) is 0 Å². The van der Waals surface area contributed by atoms with Gasteiger partial charge in [0.25, 0.3) is 0 Å². The maximum Gasteiger partial charge on any atom is 0.247 e. The monoisotopic (exact) mass is 276 g/mol. The van der Waals surface area contributed by atoms with Crippen molar-refractivity contribution in [2.75, 3.05) is 20.1 Å².